The molecule has 0 bridgehead atoms. The summed E-state index contributed by atoms with van der Waals surface area (Å²) in [7, 11) is -3.97. The molecule has 5 nitrogen and oxygen atoms in total. The average Bonchev–Trinajstić information content (AvgIpc) is 2.61. The first-order valence-electron chi connectivity index (χ1n) is 7.22. The lowest BCUT2D eigenvalue weighted by atomic mass is 10.1. The van der Waals surface area contributed by atoms with Gasteiger partial charge in [-0.05, 0) is 29.8 Å². The summed E-state index contributed by atoms with van der Waals surface area (Å²) in [5.41, 5.74) is 1.00. The molecule has 0 radical (unpaired) electrons. The monoisotopic (exact) mass is 371 g/mol. The van der Waals surface area contributed by atoms with Gasteiger partial charge in [-0.3, -0.25) is 0 Å². The van der Waals surface area contributed by atoms with Gasteiger partial charge in [0.05, 0.1) is 22.2 Å². The van der Waals surface area contributed by atoms with Gasteiger partial charge >= 0.3 is 0 Å². The van der Waals surface area contributed by atoms with Crippen LogP contribution in [0.5, 0.6) is 0 Å². The topological polar surface area (TPSA) is 85.0 Å². The average molecular weight is 372 g/mol. The van der Waals surface area contributed by atoms with E-state index in [-0.39, 0.29) is 28.6 Å². The third-order valence-corrected chi connectivity index (χ3v) is 5.62. The molecule has 0 amide bonds. The van der Waals surface area contributed by atoms with E-state index in [1.807, 2.05) is 12.1 Å². The molecule has 7 heteroatoms. The Kier molecular flexibility index (Phi) is 5.95. The molecule has 0 saturated carbocycles. The molecule has 0 heterocycles. The van der Waals surface area contributed by atoms with Crippen molar-refractivity contribution in [2.45, 2.75) is 11.4 Å². The minimum absolute atomic E-state index is 0.0429. The number of hydrogen-bond acceptors (Lipinski definition) is 4. The summed E-state index contributed by atoms with van der Waals surface area (Å²) in [5.74, 6) is 0. The molecular weight excluding hydrogens is 358 g/mol. The normalized spacial score (nSPS) is 10.9. The van der Waals surface area contributed by atoms with Crippen molar-refractivity contribution in [3.05, 3.63) is 76.8 Å². The summed E-state index contributed by atoms with van der Waals surface area (Å²) >= 11 is 5.96. The first kappa shape index (κ1) is 18.7. The summed E-state index contributed by atoms with van der Waals surface area (Å²) in [4.78, 5) is -0.152. The molecule has 2 rings (SSSR count). The van der Waals surface area contributed by atoms with Gasteiger partial charge in [0, 0.05) is 13.1 Å². The summed E-state index contributed by atoms with van der Waals surface area (Å²) in [6.45, 7) is 3.69. The Balaban J connectivity index is 2.49. The minimum Gasteiger partial charge on any atom is -0.207 e. The molecular formula is C18H14ClN3O2S. The van der Waals surface area contributed by atoms with Crippen LogP contribution >= 0.6 is 11.6 Å². The van der Waals surface area contributed by atoms with Crippen LogP contribution in [0.1, 0.15) is 16.7 Å². The molecule has 0 fully saturated rings. The summed E-state index contributed by atoms with van der Waals surface area (Å²) in [6, 6.07) is 14.8. The Morgan fingerprint density at radius 3 is 2.52 bits per heavy atom. The van der Waals surface area contributed by atoms with E-state index >= 15 is 0 Å². The quantitative estimate of drug-likeness (QED) is 0.728. The fourth-order valence-electron chi connectivity index (χ4n) is 2.30. The van der Waals surface area contributed by atoms with Gasteiger partial charge in [-0.25, -0.2) is 8.42 Å². The van der Waals surface area contributed by atoms with E-state index in [4.69, 9.17) is 16.9 Å². The lowest BCUT2D eigenvalue weighted by Crippen LogP contribution is -2.31. The van der Waals surface area contributed by atoms with Gasteiger partial charge < -0.3 is 0 Å². The Bertz CT molecular complexity index is 988. The second-order valence-electron chi connectivity index (χ2n) is 5.12. The van der Waals surface area contributed by atoms with Crippen LogP contribution in [0, 0.1) is 22.7 Å². The van der Waals surface area contributed by atoms with E-state index in [1.165, 1.54) is 28.6 Å². The van der Waals surface area contributed by atoms with E-state index in [1.54, 1.807) is 24.3 Å². The van der Waals surface area contributed by atoms with Crippen LogP contribution in [-0.4, -0.2) is 19.3 Å². The van der Waals surface area contributed by atoms with Crippen LogP contribution in [0.2, 0.25) is 5.02 Å². The minimum atomic E-state index is -3.97. The number of nitriles is 2. The molecule has 0 aliphatic rings. The van der Waals surface area contributed by atoms with Crippen LogP contribution in [0.3, 0.4) is 0 Å². The zero-order chi connectivity index (χ0) is 18.4. The van der Waals surface area contributed by atoms with Gasteiger partial charge in [-0.2, -0.15) is 14.8 Å². The predicted molar refractivity (Wildman–Crippen MR) is 95.1 cm³/mol. The highest BCUT2D eigenvalue weighted by atomic mass is 35.5. The first-order valence-corrected chi connectivity index (χ1v) is 9.04. The molecule has 0 atom stereocenters. The number of hydrogen-bond donors (Lipinski definition) is 0. The Morgan fingerprint density at radius 2 is 1.88 bits per heavy atom. The fraction of sp³-hybridized carbons (Fsp3) is 0.111. The number of benzene rings is 2. The van der Waals surface area contributed by atoms with E-state index in [0.29, 0.717) is 11.1 Å². The molecule has 0 saturated heterocycles. The van der Waals surface area contributed by atoms with Crippen LogP contribution in [0.4, 0.5) is 0 Å². The van der Waals surface area contributed by atoms with Gasteiger partial charge in [0.1, 0.15) is 11.0 Å². The maximum Gasteiger partial charge on any atom is 0.245 e. The largest absolute Gasteiger partial charge is 0.245 e. The van der Waals surface area contributed by atoms with E-state index in [0.717, 1.165) is 0 Å². The van der Waals surface area contributed by atoms with Crippen molar-refractivity contribution in [3.63, 3.8) is 0 Å². The van der Waals surface area contributed by atoms with Gasteiger partial charge in [0.15, 0.2) is 0 Å². The molecule has 0 aliphatic heterocycles. The van der Waals surface area contributed by atoms with Gasteiger partial charge in [0.25, 0.3) is 0 Å². The highest BCUT2D eigenvalue weighted by Crippen LogP contribution is 2.26. The molecule has 0 spiro atoms. The Hall–Kier alpha value is -2.64. The van der Waals surface area contributed by atoms with Crippen molar-refractivity contribution in [3.8, 4) is 12.1 Å². The van der Waals surface area contributed by atoms with E-state index < -0.39 is 10.0 Å². The number of nitrogens with zero attached hydrogens (tertiary/aromatic N) is 3. The van der Waals surface area contributed by atoms with E-state index in [2.05, 4.69) is 6.58 Å². The summed E-state index contributed by atoms with van der Waals surface area (Å²) in [6.07, 6.45) is 1.46. The van der Waals surface area contributed by atoms with E-state index in [9.17, 15) is 13.7 Å². The van der Waals surface area contributed by atoms with Crippen molar-refractivity contribution in [2.24, 2.45) is 0 Å². The number of halogens is 1. The highest BCUT2D eigenvalue weighted by molar-refractivity contribution is 7.89. The maximum atomic E-state index is 13.0. The standard InChI is InChI=1S/C18H14ClN3O2S/c1-2-9-22(13-15-6-3-5-14(10-15)11-20)25(23,24)18-8-4-7-17(19)16(18)12-21/h2-8,10H,1,9,13H2. The van der Waals surface area contributed by atoms with Crippen LogP contribution in [-0.2, 0) is 16.6 Å². The summed E-state index contributed by atoms with van der Waals surface area (Å²) in [5, 5.41) is 18.3. The van der Waals surface area contributed by atoms with Crippen LogP contribution in [0.15, 0.2) is 60.0 Å². The van der Waals surface area contributed by atoms with Crippen molar-refractivity contribution in [1.82, 2.24) is 4.31 Å². The zero-order valence-corrected chi connectivity index (χ0v) is 14.8. The predicted octanol–water partition coefficient (Wildman–Crippen LogP) is 3.46. The van der Waals surface area contributed by atoms with Crippen LogP contribution in [0.25, 0.3) is 0 Å². The molecule has 2 aromatic carbocycles. The van der Waals surface area contributed by atoms with Crippen molar-refractivity contribution >= 4 is 21.6 Å². The second-order valence-corrected chi connectivity index (χ2v) is 7.44. The molecule has 0 unspecified atom stereocenters. The summed E-state index contributed by atoms with van der Waals surface area (Å²) < 4.78 is 27.2. The van der Waals surface area contributed by atoms with Gasteiger partial charge in [-0.1, -0.05) is 35.9 Å². The lowest BCUT2D eigenvalue weighted by Gasteiger charge is -2.21. The van der Waals surface area contributed by atoms with Crippen molar-refractivity contribution < 1.29 is 8.42 Å². The Morgan fingerprint density at radius 1 is 1.16 bits per heavy atom. The van der Waals surface area contributed by atoms with Crippen LogP contribution < -0.4 is 0 Å². The molecule has 126 valence electrons. The third kappa shape index (κ3) is 4.07. The fourth-order valence-corrected chi connectivity index (χ4v) is 4.14. The van der Waals surface area contributed by atoms with Gasteiger partial charge in [0.2, 0.25) is 10.0 Å². The SMILES string of the molecule is C=CCN(Cc1cccc(C#N)c1)S(=O)(=O)c1cccc(Cl)c1C#N. The highest BCUT2D eigenvalue weighted by Gasteiger charge is 2.27. The number of sulfonamides is 1. The van der Waals surface area contributed by atoms with Gasteiger partial charge in [-0.15, -0.1) is 6.58 Å². The smallest absolute Gasteiger partial charge is 0.207 e. The molecule has 0 aliphatic carbocycles. The zero-order valence-electron chi connectivity index (χ0n) is 13.2. The molecule has 25 heavy (non-hydrogen) atoms. The first-order chi connectivity index (χ1) is 11.9. The molecule has 0 N–H and O–H groups in total. The Labute approximate surface area is 152 Å². The van der Waals surface area contributed by atoms with Crippen molar-refractivity contribution in [2.75, 3.05) is 6.54 Å². The molecule has 0 aromatic heterocycles. The van der Waals surface area contributed by atoms with Crippen molar-refractivity contribution in [1.29, 1.82) is 10.5 Å². The second kappa shape index (κ2) is 7.96. The lowest BCUT2D eigenvalue weighted by molar-refractivity contribution is 0.438. The third-order valence-electron chi connectivity index (χ3n) is 3.45. The molecule has 2 aromatic rings. The number of rotatable bonds is 6. The maximum absolute atomic E-state index is 13.0.